The Morgan fingerprint density at radius 3 is 2.67 bits per heavy atom. The lowest BCUT2D eigenvalue weighted by Gasteiger charge is -2.40. The van der Waals surface area contributed by atoms with Gasteiger partial charge in [-0.2, -0.15) is 5.10 Å². The van der Waals surface area contributed by atoms with Gasteiger partial charge in [-0.05, 0) is 52.7 Å². The van der Waals surface area contributed by atoms with Gasteiger partial charge in [-0.15, -0.1) is 0 Å². The Bertz CT molecular complexity index is 518. The van der Waals surface area contributed by atoms with Crippen molar-refractivity contribution in [2.45, 2.75) is 45.6 Å². The molecule has 21 heavy (non-hydrogen) atoms. The van der Waals surface area contributed by atoms with Crippen LogP contribution < -0.4 is 0 Å². The molecule has 3 rings (SSSR count). The van der Waals surface area contributed by atoms with Crippen molar-refractivity contribution in [3.8, 4) is 0 Å². The summed E-state index contributed by atoms with van der Waals surface area (Å²) in [4.78, 5) is 21.8. The van der Waals surface area contributed by atoms with Crippen LogP contribution in [0.2, 0.25) is 0 Å². The number of H-pyrrole nitrogens is 1. The summed E-state index contributed by atoms with van der Waals surface area (Å²) in [6.07, 6.45) is 3.90. The van der Waals surface area contributed by atoms with Crippen LogP contribution in [0.3, 0.4) is 0 Å². The second-order valence-corrected chi connectivity index (χ2v) is 6.80. The smallest absolute Gasteiger partial charge is 0.229 e. The number of nitrogens with one attached hydrogen (secondary N) is 1. The summed E-state index contributed by atoms with van der Waals surface area (Å²) in [5.41, 5.74) is -0.222. The Kier molecular flexibility index (Phi) is 3.73. The van der Waals surface area contributed by atoms with Gasteiger partial charge < -0.3 is 9.80 Å². The highest BCUT2D eigenvalue weighted by molar-refractivity contribution is 5.83. The minimum atomic E-state index is -0.222. The van der Waals surface area contributed by atoms with Gasteiger partial charge in [0.05, 0.1) is 6.04 Å². The first-order valence-electron chi connectivity index (χ1n) is 7.88. The van der Waals surface area contributed by atoms with E-state index in [-0.39, 0.29) is 11.5 Å². The number of carbonyl (C=O) groups is 1. The molecule has 3 heterocycles. The van der Waals surface area contributed by atoms with Crippen molar-refractivity contribution in [2.75, 3.05) is 26.7 Å². The van der Waals surface area contributed by atoms with Gasteiger partial charge in [-0.1, -0.05) is 6.92 Å². The van der Waals surface area contributed by atoms with Gasteiger partial charge in [0.1, 0.15) is 5.82 Å². The molecule has 1 amide bonds. The number of carbonyl (C=O) groups excluding carboxylic acids is 1. The van der Waals surface area contributed by atoms with E-state index in [0.29, 0.717) is 5.91 Å². The van der Waals surface area contributed by atoms with E-state index in [1.54, 1.807) is 0 Å². The van der Waals surface area contributed by atoms with Gasteiger partial charge in [-0.25, -0.2) is 4.98 Å². The SMILES string of the molecule is Cc1nc([C@@H]2CCCN2C(=O)C2(C)CCN(C)CC2)n[nH]1. The molecule has 1 N–H and O–H groups in total. The number of amides is 1. The summed E-state index contributed by atoms with van der Waals surface area (Å²) >= 11 is 0. The number of likely N-dealkylation sites (tertiary alicyclic amines) is 2. The average Bonchev–Trinajstić information content (AvgIpc) is 3.09. The number of piperidine rings is 1. The highest BCUT2D eigenvalue weighted by atomic mass is 16.2. The Morgan fingerprint density at radius 1 is 1.33 bits per heavy atom. The number of hydrogen-bond donors (Lipinski definition) is 1. The molecule has 1 aromatic heterocycles. The van der Waals surface area contributed by atoms with E-state index in [1.165, 1.54) is 0 Å². The van der Waals surface area contributed by atoms with Crippen molar-refractivity contribution in [3.05, 3.63) is 11.6 Å². The van der Waals surface area contributed by atoms with Crippen LogP contribution in [0.4, 0.5) is 0 Å². The lowest BCUT2D eigenvalue weighted by molar-refractivity contribution is -0.145. The summed E-state index contributed by atoms with van der Waals surface area (Å²) in [7, 11) is 2.12. The maximum Gasteiger partial charge on any atom is 0.229 e. The fourth-order valence-corrected chi connectivity index (χ4v) is 3.46. The summed E-state index contributed by atoms with van der Waals surface area (Å²) in [6, 6.07) is 0.0546. The van der Waals surface area contributed by atoms with E-state index in [4.69, 9.17) is 0 Å². The third kappa shape index (κ3) is 2.69. The molecule has 0 bridgehead atoms. The molecule has 2 aliphatic heterocycles. The molecule has 0 saturated carbocycles. The first-order chi connectivity index (χ1) is 9.99. The van der Waals surface area contributed by atoms with Crippen molar-refractivity contribution >= 4 is 5.91 Å². The average molecular weight is 291 g/mol. The minimum absolute atomic E-state index is 0.0546. The van der Waals surface area contributed by atoms with E-state index in [2.05, 4.69) is 34.1 Å². The molecule has 1 aromatic rings. The van der Waals surface area contributed by atoms with Crippen molar-refractivity contribution in [1.82, 2.24) is 25.0 Å². The van der Waals surface area contributed by atoms with Gasteiger partial charge in [0.2, 0.25) is 5.91 Å². The molecule has 116 valence electrons. The van der Waals surface area contributed by atoms with Gasteiger partial charge >= 0.3 is 0 Å². The van der Waals surface area contributed by atoms with Crippen LogP contribution in [0.25, 0.3) is 0 Å². The third-order valence-electron chi connectivity index (χ3n) is 5.03. The summed E-state index contributed by atoms with van der Waals surface area (Å²) < 4.78 is 0. The van der Waals surface area contributed by atoms with Crippen LogP contribution in [-0.2, 0) is 4.79 Å². The van der Waals surface area contributed by atoms with E-state index in [9.17, 15) is 4.79 Å². The Morgan fingerprint density at radius 2 is 2.05 bits per heavy atom. The monoisotopic (exact) mass is 291 g/mol. The summed E-state index contributed by atoms with van der Waals surface area (Å²) in [5.74, 6) is 1.88. The molecule has 0 unspecified atom stereocenters. The quantitative estimate of drug-likeness (QED) is 0.897. The van der Waals surface area contributed by atoms with Crippen LogP contribution in [0.5, 0.6) is 0 Å². The molecule has 0 aliphatic carbocycles. The zero-order valence-electron chi connectivity index (χ0n) is 13.2. The predicted molar refractivity (Wildman–Crippen MR) is 79.6 cm³/mol. The normalized spacial score (nSPS) is 26.2. The molecule has 0 radical (unpaired) electrons. The third-order valence-corrected chi connectivity index (χ3v) is 5.03. The molecule has 2 saturated heterocycles. The highest BCUT2D eigenvalue weighted by Crippen LogP contribution is 2.38. The van der Waals surface area contributed by atoms with Gasteiger partial charge in [-0.3, -0.25) is 9.89 Å². The Hall–Kier alpha value is -1.43. The molecular formula is C15H25N5O. The number of nitrogens with zero attached hydrogens (tertiary/aromatic N) is 4. The maximum absolute atomic E-state index is 13.1. The fourth-order valence-electron chi connectivity index (χ4n) is 3.46. The number of hydrogen-bond acceptors (Lipinski definition) is 4. The molecule has 6 heteroatoms. The molecule has 0 spiro atoms. The lowest BCUT2D eigenvalue weighted by Crippen LogP contribution is -2.47. The minimum Gasteiger partial charge on any atom is -0.332 e. The van der Waals surface area contributed by atoms with E-state index in [1.807, 2.05) is 11.8 Å². The molecular weight excluding hydrogens is 266 g/mol. The molecule has 0 aromatic carbocycles. The van der Waals surface area contributed by atoms with Gasteiger partial charge in [0.25, 0.3) is 0 Å². The number of aromatic amines is 1. The summed E-state index contributed by atoms with van der Waals surface area (Å²) in [6.45, 7) is 6.86. The standard InChI is InChI=1S/C15H25N5O/c1-11-16-13(18-17-11)12-5-4-8-20(12)14(21)15(2)6-9-19(3)10-7-15/h12H,4-10H2,1-3H3,(H,16,17,18)/t12-/m0/s1. The molecule has 2 aliphatic rings. The van der Waals surface area contributed by atoms with E-state index >= 15 is 0 Å². The van der Waals surface area contributed by atoms with Crippen molar-refractivity contribution in [1.29, 1.82) is 0 Å². The molecule has 6 nitrogen and oxygen atoms in total. The maximum atomic E-state index is 13.1. The second-order valence-electron chi connectivity index (χ2n) is 6.80. The van der Waals surface area contributed by atoms with E-state index in [0.717, 1.165) is 57.0 Å². The van der Waals surface area contributed by atoms with Crippen molar-refractivity contribution in [2.24, 2.45) is 5.41 Å². The lowest BCUT2D eigenvalue weighted by atomic mass is 9.79. The van der Waals surface area contributed by atoms with E-state index < -0.39 is 0 Å². The molecule has 1 atom stereocenters. The first kappa shape index (κ1) is 14.5. The topological polar surface area (TPSA) is 65.1 Å². The highest BCUT2D eigenvalue weighted by Gasteiger charge is 2.43. The first-order valence-corrected chi connectivity index (χ1v) is 7.88. The van der Waals surface area contributed by atoms with Crippen molar-refractivity contribution < 1.29 is 4.79 Å². The zero-order chi connectivity index (χ0) is 15.0. The van der Waals surface area contributed by atoms with Gasteiger partial charge in [0.15, 0.2) is 5.82 Å². The molecule has 2 fully saturated rings. The second kappa shape index (κ2) is 5.40. The zero-order valence-corrected chi connectivity index (χ0v) is 13.2. The van der Waals surface area contributed by atoms with Crippen LogP contribution in [0.1, 0.15) is 50.3 Å². The number of aryl methyl sites for hydroxylation is 1. The van der Waals surface area contributed by atoms with Gasteiger partial charge in [0, 0.05) is 12.0 Å². The largest absolute Gasteiger partial charge is 0.332 e. The predicted octanol–water partition coefficient (Wildman–Crippen LogP) is 1.51. The summed E-state index contributed by atoms with van der Waals surface area (Å²) in [5, 5.41) is 7.17. The Balaban J connectivity index is 1.77. The van der Waals surface area contributed by atoms with Crippen molar-refractivity contribution in [3.63, 3.8) is 0 Å². The number of aromatic nitrogens is 3. The Labute approximate surface area is 125 Å². The fraction of sp³-hybridized carbons (Fsp3) is 0.800. The van der Waals surface area contributed by atoms with Crippen LogP contribution >= 0.6 is 0 Å². The number of rotatable bonds is 2. The van der Waals surface area contributed by atoms with Crippen LogP contribution in [0.15, 0.2) is 0 Å². The van der Waals surface area contributed by atoms with Crippen LogP contribution in [0, 0.1) is 12.3 Å². The van der Waals surface area contributed by atoms with Crippen LogP contribution in [-0.4, -0.2) is 57.6 Å².